The van der Waals surface area contributed by atoms with Crippen LogP contribution in [0.4, 0.5) is 0 Å². The van der Waals surface area contributed by atoms with Gasteiger partial charge in [0.2, 0.25) is 15.9 Å². The van der Waals surface area contributed by atoms with Crippen LogP contribution in [0.5, 0.6) is 0 Å². The van der Waals surface area contributed by atoms with Crippen LogP contribution in [0.3, 0.4) is 0 Å². The van der Waals surface area contributed by atoms with Gasteiger partial charge in [0.05, 0.1) is 4.90 Å². The van der Waals surface area contributed by atoms with Gasteiger partial charge in [-0.1, -0.05) is 30.5 Å². The number of likely N-dealkylation sites (tertiary alicyclic amines) is 1. The lowest BCUT2D eigenvalue weighted by molar-refractivity contribution is -0.136. The van der Waals surface area contributed by atoms with E-state index in [2.05, 4.69) is 0 Å². The van der Waals surface area contributed by atoms with Crippen molar-refractivity contribution in [2.24, 2.45) is 5.92 Å². The lowest BCUT2D eigenvalue weighted by Gasteiger charge is -2.33. The van der Waals surface area contributed by atoms with Crippen molar-refractivity contribution in [2.75, 3.05) is 26.2 Å². The molecule has 0 saturated carbocycles. The molecule has 0 atom stereocenters. The van der Waals surface area contributed by atoms with Gasteiger partial charge >= 0.3 is 0 Å². The van der Waals surface area contributed by atoms with Gasteiger partial charge < -0.3 is 4.90 Å². The highest BCUT2D eigenvalue weighted by Crippen LogP contribution is 2.26. The van der Waals surface area contributed by atoms with E-state index < -0.39 is 10.0 Å². The Labute approximate surface area is 151 Å². The molecule has 2 aliphatic rings. The highest BCUT2D eigenvalue weighted by molar-refractivity contribution is 7.89. The molecule has 2 saturated heterocycles. The standard InChI is InChI=1S/C19H28N2O3S/c1-16-6-8-18(9-7-16)25(23,24)21-14-10-17(11-15-21)19(22)20-12-4-2-3-5-13-20/h6-9,17H,2-5,10-15H2,1H3. The lowest BCUT2D eigenvalue weighted by Crippen LogP contribution is -2.44. The zero-order valence-electron chi connectivity index (χ0n) is 15.0. The van der Waals surface area contributed by atoms with E-state index in [1.807, 2.05) is 24.0 Å². The molecule has 138 valence electrons. The summed E-state index contributed by atoms with van der Waals surface area (Å²) in [4.78, 5) is 15.1. The summed E-state index contributed by atoms with van der Waals surface area (Å²) in [5.41, 5.74) is 1.04. The molecule has 3 rings (SSSR count). The molecule has 0 N–H and O–H groups in total. The summed E-state index contributed by atoms with van der Waals surface area (Å²) >= 11 is 0. The predicted molar refractivity (Wildman–Crippen MR) is 97.7 cm³/mol. The van der Waals surface area contributed by atoms with Gasteiger partial charge in [0.15, 0.2) is 0 Å². The third-order valence-corrected chi connectivity index (χ3v) is 7.29. The number of hydrogen-bond donors (Lipinski definition) is 0. The highest BCUT2D eigenvalue weighted by atomic mass is 32.2. The first-order chi connectivity index (χ1) is 12.0. The van der Waals surface area contributed by atoms with E-state index in [4.69, 9.17) is 0 Å². The average molecular weight is 365 g/mol. The minimum Gasteiger partial charge on any atom is -0.342 e. The number of nitrogens with zero attached hydrogens (tertiary/aromatic N) is 2. The van der Waals surface area contributed by atoms with Crippen LogP contribution in [-0.2, 0) is 14.8 Å². The van der Waals surface area contributed by atoms with E-state index in [-0.39, 0.29) is 11.8 Å². The van der Waals surface area contributed by atoms with Crippen LogP contribution in [0.1, 0.15) is 44.1 Å². The van der Waals surface area contributed by atoms with Gasteiger partial charge in [0, 0.05) is 32.1 Å². The van der Waals surface area contributed by atoms with E-state index in [0.29, 0.717) is 30.8 Å². The molecule has 0 bridgehead atoms. The van der Waals surface area contributed by atoms with Crippen LogP contribution in [-0.4, -0.2) is 49.7 Å². The molecular weight excluding hydrogens is 336 g/mol. The quantitative estimate of drug-likeness (QED) is 0.829. The number of aryl methyl sites for hydroxylation is 1. The molecule has 0 radical (unpaired) electrons. The number of rotatable bonds is 3. The highest BCUT2D eigenvalue weighted by Gasteiger charge is 2.33. The summed E-state index contributed by atoms with van der Waals surface area (Å²) in [5, 5.41) is 0. The largest absolute Gasteiger partial charge is 0.342 e. The Balaban J connectivity index is 1.61. The van der Waals surface area contributed by atoms with Crippen molar-refractivity contribution < 1.29 is 13.2 Å². The van der Waals surface area contributed by atoms with Crippen molar-refractivity contribution in [2.45, 2.75) is 50.3 Å². The first-order valence-corrected chi connectivity index (χ1v) is 10.8. The van der Waals surface area contributed by atoms with Gasteiger partial charge in [-0.25, -0.2) is 8.42 Å². The third-order valence-electron chi connectivity index (χ3n) is 5.38. The second-order valence-electron chi connectivity index (χ2n) is 7.23. The van der Waals surface area contributed by atoms with Crippen molar-refractivity contribution >= 4 is 15.9 Å². The molecule has 6 heteroatoms. The molecule has 25 heavy (non-hydrogen) atoms. The van der Waals surface area contributed by atoms with E-state index >= 15 is 0 Å². The van der Waals surface area contributed by atoms with Gasteiger partial charge in [-0.2, -0.15) is 4.31 Å². The van der Waals surface area contributed by atoms with Crippen LogP contribution in [0, 0.1) is 12.8 Å². The Morgan fingerprint density at radius 3 is 2.04 bits per heavy atom. The van der Waals surface area contributed by atoms with Crippen molar-refractivity contribution in [3.63, 3.8) is 0 Å². The van der Waals surface area contributed by atoms with Gasteiger partial charge in [-0.05, 0) is 44.7 Å². The first kappa shape index (κ1) is 18.4. The van der Waals surface area contributed by atoms with Crippen molar-refractivity contribution in [1.29, 1.82) is 0 Å². The van der Waals surface area contributed by atoms with Crippen molar-refractivity contribution in [3.05, 3.63) is 29.8 Å². The third kappa shape index (κ3) is 4.23. The van der Waals surface area contributed by atoms with Crippen LogP contribution >= 0.6 is 0 Å². The molecule has 0 unspecified atom stereocenters. The summed E-state index contributed by atoms with van der Waals surface area (Å²) in [6, 6.07) is 6.98. The molecular formula is C19H28N2O3S. The molecule has 2 heterocycles. The molecule has 1 amide bonds. The second-order valence-corrected chi connectivity index (χ2v) is 9.17. The average Bonchev–Trinajstić information content (AvgIpc) is 2.91. The minimum atomic E-state index is -3.45. The van der Waals surface area contributed by atoms with Gasteiger partial charge in [-0.15, -0.1) is 0 Å². The van der Waals surface area contributed by atoms with E-state index in [0.717, 1.165) is 31.5 Å². The Hall–Kier alpha value is -1.40. The summed E-state index contributed by atoms with van der Waals surface area (Å²) in [7, 11) is -3.45. The van der Waals surface area contributed by atoms with E-state index in [1.165, 1.54) is 17.1 Å². The maximum atomic E-state index is 12.8. The molecule has 1 aromatic rings. The summed E-state index contributed by atoms with van der Waals surface area (Å²) in [5.74, 6) is 0.205. The molecule has 0 aromatic heterocycles. The number of hydrogen-bond acceptors (Lipinski definition) is 3. The number of carbonyl (C=O) groups is 1. The van der Waals surface area contributed by atoms with Crippen molar-refractivity contribution in [1.82, 2.24) is 9.21 Å². The van der Waals surface area contributed by atoms with Gasteiger partial charge in [-0.3, -0.25) is 4.79 Å². The Bertz CT molecular complexity index is 684. The van der Waals surface area contributed by atoms with Crippen LogP contribution < -0.4 is 0 Å². The smallest absolute Gasteiger partial charge is 0.243 e. The van der Waals surface area contributed by atoms with E-state index in [9.17, 15) is 13.2 Å². The number of carbonyl (C=O) groups excluding carboxylic acids is 1. The second kappa shape index (κ2) is 7.87. The fraction of sp³-hybridized carbons (Fsp3) is 0.632. The number of piperidine rings is 1. The number of sulfonamides is 1. The predicted octanol–water partition coefficient (Wildman–Crippen LogP) is 2.80. The molecule has 2 fully saturated rings. The summed E-state index contributed by atoms with van der Waals surface area (Å²) in [6.07, 6.45) is 5.84. The maximum Gasteiger partial charge on any atom is 0.243 e. The van der Waals surface area contributed by atoms with Gasteiger partial charge in [0.1, 0.15) is 0 Å². The normalized spacial score (nSPS) is 21.1. The van der Waals surface area contributed by atoms with Crippen LogP contribution in [0.25, 0.3) is 0 Å². The summed E-state index contributed by atoms with van der Waals surface area (Å²) in [6.45, 7) is 4.53. The first-order valence-electron chi connectivity index (χ1n) is 9.34. The molecule has 5 nitrogen and oxygen atoms in total. The topological polar surface area (TPSA) is 57.7 Å². The number of benzene rings is 1. The fourth-order valence-electron chi connectivity index (χ4n) is 3.75. The Morgan fingerprint density at radius 2 is 1.48 bits per heavy atom. The molecule has 0 aliphatic carbocycles. The summed E-state index contributed by atoms with van der Waals surface area (Å²) < 4.78 is 27.0. The van der Waals surface area contributed by atoms with Crippen molar-refractivity contribution in [3.8, 4) is 0 Å². The monoisotopic (exact) mass is 364 g/mol. The fourth-order valence-corrected chi connectivity index (χ4v) is 5.22. The molecule has 2 aliphatic heterocycles. The van der Waals surface area contributed by atoms with Gasteiger partial charge in [0.25, 0.3) is 0 Å². The van der Waals surface area contributed by atoms with E-state index in [1.54, 1.807) is 12.1 Å². The Kier molecular flexibility index (Phi) is 5.79. The van der Waals surface area contributed by atoms with Crippen LogP contribution in [0.15, 0.2) is 29.2 Å². The molecule has 1 aromatic carbocycles. The maximum absolute atomic E-state index is 12.8. The lowest BCUT2D eigenvalue weighted by atomic mass is 9.96. The zero-order chi connectivity index (χ0) is 17.9. The van der Waals surface area contributed by atoms with Crippen LogP contribution in [0.2, 0.25) is 0 Å². The SMILES string of the molecule is Cc1ccc(S(=O)(=O)N2CCC(C(=O)N3CCCCCC3)CC2)cc1. The number of amides is 1. The zero-order valence-corrected chi connectivity index (χ0v) is 15.8. The Morgan fingerprint density at radius 1 is 0.920 bits per heavy atom. The molecule has 0 spiro atoms. The minimum absolute atomic E-state index is 0.0254.